The van der Waals surface area contributed by atoms with Gasteiger partial charge in [-0.25, -0.2) is 4.79 Å². The molecule has 0 amide bonds. The quantitative estimate of drug-likeness (QED) is 0.548. The summed E-state index contributed by atoms with van der Waals surface area (Å²) in [5.41, 5.74) is 1.91. The molecule has 7 nitrogen and oxygen atoms in total. The Kier molecular flexibility index (Phi) is 3.36. The van der Waals surface area contributed by atoms with Gasteiger partial charge in [0.25, 0.3) is 5.56 Å². The number of rotatable bonds is 2. The first-order chi connectivity index (χ1) is 11.9. The van der Waals surface area contributed by atoms with Gasteiger partial charge >= 0.3 is 5.69 Å². The van der Waals surface area contributed by atoms with Crippen LogP contribution in [0.3, 0.4) is 0 Å². The van der Waals surface area contributed by atoms with Crippen LogP contribution in [0.1, 0.15) is 11.3 Å². The number of aryl methyl sites for hydroxylation is 2. The minimum atomic E-state index is -0.396. The summed E-state index contributed by atoms with van der Waals surface area (Å²) in [6.07, 6.45) is 1.85. The number of nitrogens with zero attached hydrogens (tertiary/aromatic N) is 5. The number of imidazole rings is 2. The van der Waals surface area contributed by atoms with Crippen LogP contribution in [0.5, 0.6) is 0 Å². The van der Waals surface area contributed by atoms with Crippen LogP contribution in [-0.2, 0) is 20.6 Å². The van der Waals surface area contributed by atoms with E-state index in [9.17, 15) is 9.59 Å². The molecule has 0 atom stereocenters. The lowest BCUT2D eigenvalue weighted by Crippen LogP contribution is -2.37. The van der Waals surface area contributed by atoms with Gasteiger partial charge in [0.2, 0.25) is 5.78 Å². The maximum Gasteiger partial charge on any atom is 0.332 e. The van der Waals surface area contributed by atoms with Gasteiger partial charge in [-0.3, -0.25) is 18.3 Å². The highest BCUT2D eigenvalue weighted by Crippen LogP contribution is 2.21. The third kappa shape index (κ3) is 2.16. The van der Waals surface area contributed by atoms with Crippen LogP contribution >= 0.6 is 11.6 Å². The van der Waals surface area contributed by atoms with Gasteiger partial charge in [0, 0.05) is 31.0 Å². The molecule has 0 spiro atoms. The minimum absolute atomic E-state index is 0.361. The molecule has 128 valence electrons. The van der Waals surface area contributed by atoms with Crippen LogP contribution in [0.15, 0.2) is 40.1 Å². The molecule has 0 aliphatic heterocycles. The third-order valence-electron chi connectivity index (χ3n) is 4.54. The van der Waals surface area contributed by atoms with Crippen LogP contribution in [0.4, 0.5) is 0 Å². The largest absolute Gasteiger partial charge is 0.332 e. The second-order valence-electron chi connectivity index (χ2n) is 6.11. The van der Waals surface area contributed by atoms with E-state index in [0.717, 1.165) is 15.8 Å². The average Bonchev–Trinajstić information content (AvgIpc) is 3.09. The zero-order chi connectivity index (χ0) is 17.9. The van der Waals surface area contributed by atoms with Crippen molar-refractivity contribution in [3.63, 3.8) is 0 Å². The van der Waals surface area contributed by atoms with Crippen molar-refractivity contribution in [3.05, 3.63) is 67.6 Å². The van der Waals surface area contributed by atoms with Crippen molar-refractivity contribution < 1.29 is 0 Å². The smallest absolute Gasteiger partial charge is 0.310 e. The number of halogens is 1. The molecule has 0 fully saturated rings. The third-order valence-corrected chi connectivity index (χ3v) is 4.91. The number of hydrogen-bond acceptors (Lipinski definition) is 3. The topological polar surface area (TPSA) is 66.2 Å². The molecule has 0 bridgehead atoms. The van der Waals surface area contributed by atoms with E-state index in [-0.39, 0.29) is 5.56 Å². The Morgan fingerprint density at radius 2 is 1.84 bits per heavy atom. The highest BCUT2D eigenvalue weighted by Gasteiger charge is 2.19. The summed E-state index contributed by atoms with van der Waals surface area (Å²) in [6.45, 7) is 2.48. The summed E-state index contributed by atoms with van der Waals surface area (Å²) >= 11 is 6.28. The molecule has 8 heteroatoms. The van der Waals surface area contributed by atoms with E-state index in [2.05, 4.69) is 4.98 Å². The van der Waals surface area contributed by atoms with Gasteiger partial charge in [-0.05, 0) is 18.6 Å². The SMILES string of the molecule is Cc1cn2c3c(=O)n(C)c(=O)n(C)c3nc2n1Cc1ccccc1Cl. The molecule has 1 aromatic carbocycles. The molecule has 0 aliphatic rings. The first-order valence-corrected chi connectivity index (χ1v) is 8.15. The highest BCUT2D eigenvalue weighted by molar-refractivity contribution is 6.31. The summed E-state index contributed by atoms with van der Waals surface area (Å²) in [4.78, 5) is 29.3. The molecule has 0 N–H and O–H groups in total. The summed E-state index contributed by atoms with van der Waals surface area (Å²) in [5, 5.41) is 0.674. The fourth-order valence-corrected chi connectivity index (χ4v) is 3.32. The van der Waals surface area contributed by atoms with E-state index in [1.807, 2.05) is 42.0 Å². The van der Waals surface area contributed by atoms with Crippen molar-refractivity contribution in [3.8, 4) is 0 Å². The minimum Gasteiger partial charge on any atom is -0.310 e. The van der Waals surface area contributed by atoms with Crippen molar-refractivity contribution in [1.82, 2.24) is 23.1 Å². The van der Waals surface area contributed by atoms with Gasteiger partial charge in [-0.15, -0.1) is 0 Å². The second-order valence-corrected chi connectivity index (χ2v) is 6.52. The normalized spacial score (nSPS) is 11.7. The van der Waals surface area contributed by atoms with Crippen molar-refractivity contribution >= 4 is 28.5 Å². The molecule has 4 rings (SSSR count). The maximum atomic E-state index is 12.6. The molecular formula is C17H16ClN5O2. The molecule has 0 unspecified atom stereocenters. The van der Waals surface area contributed by atoms with E-state index < -0.39 is 5.69 Å². The van der Waals surface area contributed by atoms with Crippen LogP contribution in [0, 0.1) is 6.92 Å². The maximum absolute atomic E-state index is 12.6. The van der Waals surface area contributed by atoms with E-state index in [0.29, 0.717) is 28.5 Å². The summed E-state index contributed by atoms with van der Waals surface area (Å²) < 4.78 is 6.20. The lowest BCUT2D eigenvalue weighted by molar-refractivity contribution is 0.707. The monoisotopic (exact) mass is 357 g/mol. The van der Waals surface area contributed by atoms with Gasteiger partial charge in [-0.1, -0.05) is 29.8 Å². The second kappa shape index (κ2) is 5.35. The standard InChI is InChI=1S/C17H16ClN5O2/c1-10-8-23-13-14(20(2)17(25)21(3)15(13)24)19-16(23)22(10)9-11-6-4-5-7-12(11)18/h4-8H,9H2,1-3H3. The van der Waals surface area contributed by atoms with Gasteiger partial charge in [0.1, 0.15) is 0 Å². The molecule has 3 aromatic heterocycles. The Morgan fingerprint density at radius 3 is 2.56 bits per heavy atom. The number of fused-ring (bicyclic) bond motifs is 3. The lowest BCUT2D eigenvalue weighted by atomic mass is 10.2. The Hall–Kier alpha value is -2.80. The van der Waals surface area contributed by atoms with E-state index in [1.165, 1.54) is 11.6 Å². The molecule has 25 heavy (non-hydrogen) atoms. The van der Waals surface area contributed by atoms with Gasteiger partial charge < -0.3 is 4.57 Å². The van der Waals surface area contributed by atoms with Gasteiger partial charge in [0.15, 0.2) is 11.2 Å². The van der Waals surface area contributed by atoms with Crippen molar-refractivity contribution in [2.75, 3.05) is 0 Å². The Morgan fingerprint density at radius 1 is 1.12 bits per heavy atom. The Bertz CT molecular complexity index is 1260. The predicted molar refractivity (Wildman–Crippen MR) is 96.5 cm³/mol. The first-order valence-electron chi connectivity index (χ1n) is 7.77. The lowest BCUT2D eigenvalue weighted by Gasteiger charge is -2.07. The molecule has 0 saturated heterocycles. The van der Waals surface area contributed by atoms with Crippen molar-refractivity contribution in [2.45, 2.75) is 13.5 Å². The van der Waals surface area contributed by atoms with E-state index in [4.69, 9.17) is 11.6 Å². The molecule has 0 radical (unpaired) electrons. The predicted octanol–water partition coefficient (Wildman–Crippen LogP) is 1.70. The first kappa shape index (κ1) is 15.7. The summed E-state index contributed by atoms with van der Waals surface area (Å²) in [6, 6.07) is 7.61. The Labute approximate surface area is 147 Å². The zero-order valence-electron chi connectivity index (χ0n) is 14.0. The van der Waals surface area contributed by atoms with E-state index >= 15 is 0 Å². The van der Waals surface area contributed by atoms with E-state index in [1.54, 1.807) is 11.4 Å². The Balaban J connectivity index is 2.05. The molecule has 3 heterocycles. The zero-order valence-corrected chi connectivity index (χ0v) is 14.8. The van der Waals surface area contributed by atoms with Gasteiger partial charge in [-0.2, -0.15) is 4.98 Å². The molecular weight excluding hydrogens is 342 g/mol. The number of benzene rings is 1. The van der Waals surface area contributed by atoms with Crippen LogP contribution in [0.2, 0.25) is 5.02 Å². The number of aromatic nitrogens is 5. The van der Waals surface area contributed by atoms with Crippen molar-refractivity contribution in [1.29, 1.82) is 0 Å². The summed E-state index contributed by atoms with van der Waals surface area (Å²) in [5.74, 6) is 0.603. The molecule has 0 aliphatic carbocycles. The van der Waals surface area contributed by atoms with Crippen molar-refractivity contribution in [2.24, 2.45) is 14.1 Å². The van der Waals surface area contributed by atoms with Crippen LogP contribution in [-0.4, -0.2) is 23.1 Å². The van der Waals surface area contributed by atoms with Gasteiger partial charge in [0.05, 0.1) is 6.54 Å². The highest BCUT2D eigenvalue weighted by atomic mass is 35.5. The summed E-state index contributed by atoms with van der Waals surface area (Å²) in [7, 11) is 3.08. The van der Waals surface area contributed by atoms with Crippen LogP contribution < -0.4 is 11.2 Å². The molecule has 0 saturated carbocycles. The van der Waals surface area contributed by atoms with Crippen LogP contribution in [0.25, 0.3) is 16.9 Å². The number of hydrogen-bond donors (Lipinski definition) is 0. The average molecular weight is 358 g/mol. The fraction of sp³-hybridized carbons (Fsp3) is 0.235. The fourth-order valence-electron chi connectivity index (χ4n) is 3.12. The molecule has 4 aromatic rings.